The van der Waals surface area contributed by atoms with Gasteiger partial charge in [-0.15, -0.1) is 0 Å². The molecule has 15 heavy (non-hydrogen) atoms. The molecule has 0 fully saturated rings. The quantitative estimate of drug-likeness (QED) is 0.788. The van der Waals surface area contributed by atoms with Crippen molar-refractivity contribution in [3.63, 3.8) is 0 Å². The average molecular weight is 209 g/mol. The molecule has 0 radical (unpaired) electrons. The highest BCUT2D eigenvalue weighted by atomic mass is 16.5. The molecule has 3 heteroatoms. The molecule has 1 rings (SSSR count). The third kappa shape index (κ3) is 2.70. The van der Waals surface area contributed by atoms with E-state index < -0.39 is 6.10 Å². The summed E-state index contributed by atoms with van der Waals surface area (Å²) in [6, 6.07) is 5.92. The number of aliphatic hydroxyl groups excluding tert-OH is 1. The second kappa shape index (κ2) is 5.14. The van der Waals surface area contributed by atoms with Crippen LogP contribution in [0.5, 0.6) is 5.75 Å². The van der Waals surface area contributed by atoms with Crippen molar-refractivity contribution in [2.75, 3.05) is 13.7 Å². The number of aliphatic hydroxyl groups is 1. The van der Waals surface area contributed by atoms with Crippen molar-refractivity contribution in [2.45, 2.75) is 25.9 Å². The van der Waals surface area contributed by atoms with E-state index >= 15 is 0 Å². The zero-order valence-electron chi connectivity index (χ0n) is 9.53. The van der Waals surface area contributed by atoms with Crippen LogP contribution < -0.4 is 10.5 Å². The summed E-state index contributed by atoms with van der Waals surface area (Å²) in [5.74, 6) is 0.924. The molecular weight excluding hydrogens is 190 g/mol. The first-order chi connectivity index (χ1) is 7.10. The highest BCUT2D eigenvalue weighted by Gasteiger charge is 2.15. The first-order valence-electron chi connectivity index (χ1n) is 5.12. The minimum atomic E-state index is -0.488. The number of hydrogen-bond donors (Lipinski definition) is 2. The summed E-state index contributed by atoms with van der Waals surface area (Å²) in [5, 5.41) is 9.64. The van der Waals surface area contributed by atoms with Crippen LogP contribution in [-0.4, -0.2) is 24.9 Å². The van der Waals surface area contributed by atoms with E-state index in [1.807, 2.05) is 32.0 Å². The van der Waals surface area contributed by atoms with Gasteiger partial charge in [0.25, 0.3) is 0 Å². The second-order valence-corrected chi connectivity index (χ2v) is 3.82. The second-order valence-electron chi connectivity index (χ2n) is 3.82. The third-order valence-corrected chi connectivity index (χ3v) is 2.76. The van der Waals surface area contributed by atoms with Crippen LogP contribution >= 0.6 is 0 Å². The summed E-state index contributed by atoms with van der Waals surface area (Å²) in [4.78, 5) is 0. The van der Waals surface area contributed by atoms with E-state index in [9.17, 15) is 5.11 Å². The summed E-state index contributed by atoms with van der Waals surface area (Å²) < 4.78 is 5.18. The smallest absolute Gasteiger partial charge is 0.121 e. The van der Waals surface area contributed by atoms with E-state index in [1.165, 1.54) is 0 Å². The molecule has 2 atom stereocenters. The molecule has 2 unspecified atom stereocenters. The van der Waals surface area contributed by atoms with E-state index in [-0.39, 0.29) is 12.5 Å². The Morgan fingerprint density at radius 1 is 1.47 bits per heavy atom. The van der Waals surface area contributed by atoms with Crippen molar-refractivity contribution in [1.82, 2.24) is 0 Å². The maximum absolute atomic E-state index is 9.64. The van der Waals surface area contributed by atoms with Gasteiger partial charge < -0.3 is 15.6 Å². The standard InChI is InChI=1S/C12H19NO2/c1-8-6-10(4-5-12(8)15-3)9(2)11(14)7-13/h4-6,9,11,14H,7,13H2,1-3H3. The van der Waals surface area contributed by atoms with Gasteiger partial charge in [0.2, 0.25) is 0 Å². The number of hydrogen-bond acceptors (Lipinski definition) is 3. The van der Waals surface area contributed by atoms with Gasteiger partial charge in [-0.1, -0.05) is 19.1 Å². The summed E-state index contributed by atoms with van der Waals surface area (Å²) in [6.45, 7) is 4.24. The predicted molar refractivity (Wildman–Crippen MR) is 61.2 cm³/mol. The highest BCUT2D eigenvalue weighted by Crippen LogP contribution is 2.25. The van der Waals surface area contributed by atoms with Crippen molar-refractivity contribution in [3.05, 3.63) is 29.3 Å². The van der Waals surface area contributed by atoms with Gasteiger partial charge in [0.1, 0.15) is 5.75 Å². The van der Waals surface area contributed by atoms with Crippen molar-refractivity contribution < 1.29 is 9.84 Å². The van der Waals surface area contributed by atoms with Crippen LogP contribution in [0.25, 0.3) is 0 Å². The molecule has 0 aliphatic rings. The van der Waals surface area contributed by atoms with E-state index in [4.69, 9.17) is 10.5 Å². The van der Waals surface area contributed by atoms with Crippen molar-refractivity contribution in [1.29, 1.82) is 0 Å². The molecule has 1 aromatic rings. The third-order valence-electron chi connectivity index (χ3n) is 2.76. The monoisotopic (exact) mass is 209 g/mol. The maximum Gasteiger partial charge on any atom is 0.121 e. The molecule has 3 nitrogen and oxygen atoms in total. The number of aryl methyl sites for hydroxylation is 1. The number of methoxy groups -OCH3 is 1. The molecule has 0 aromatic heterocycles. The number of rotatable bonds is 4. The van der Waals surface area contributed by atoms with Crippen LogP contribution in [0.4, 0.5) is 0 Å². The lowest BCUT2D eigenvalue weighted by atomic mass is 9.94. The summed E-state index contributed by atoms with van der Waals surface area (Å²) in [5.41, 5.74) is 7.59. The molecule has 0 bridgehead atoms. The first-order valence-corrected chi connectivity index (χ1v) is 5.12. The van der Waals surface area contributed by atoms with Crippen LogP contribution in [-0.2, 0) is 0 Å². The molecule has 1 aromatic carbocycles. The Hall–Kier alpha value is -1.06. The zero-order chi connectivity index (χ0) is 11.4. The fourth-order valence-electron chi connectivity index (χ4n) is 1.61. The van der Waals surface area contributed by atoms with Gasteiger partial charge in [0.05, 0.1) is 13.2 Å². The summed E-state index contributed by atoms with van der Waals surface area (Å²) in [6.07, 6.45) is -0.488. The van der Waals surface area contributed by atoms with Crippen molar-refractivity contribution >= 4 is 0 Å². The molecular formula is C12H19NO2. The van der Waals surface area contributed by atoms with Crippen LogP contribution in [0, 0.1) is 6.92 Å². The molecule has 0 aliphatic carbocycles. The molecule has 0 aliphatic heterocycles. The van der Waals surface area contributed by atoms with Gasteiger partial charge in [-0.2, -0.15) is 0 Å². The Labute approximate surface area is 90.9 Å². The largest absolute Gasteiger partial charge is 0.496 e. The lowest BCUT2D eigenvalue weighted by Gasteiger charge is -2.18. The van der Waals surface area contributed by atoms with Crippen LogP contribution in [0.3, 0.4) is 0 Å². The zero-order valence-corrected chi connectivity index (χ0v) is 9.53. The van der Waals surface area contributed by atoms with E-state index in [0.29, 0.717) is 0 Å². The Morgan fingerprint density at radius 2 is 2.13 bits per heavy atom. The van der Waals surface area contributed by atoms with Crippen molar-refractivity contribution in [3.8, 4) is 5.75 Å². The fraction of sp³-hybridized carbons (Fsp3) is 0.500. The van der Waals surface area contributed by atoms with Gasteiger partial charge in [-0.3, -0.25) is 0 Å². The molecule has 0 heterocycles. The Bertz CT molecular complexity index is 325. The van der Waals surface area contributed by atoms with Gasteiger partial charge in [-0.25, -0.2) is 0 Å². The Kier molecular flexibility index (Phi) is 4.12. The highest BCUT2D eigenvalue weighted by molar-refractivity contribution is 5.37. The van der Waals surface area contributed by atoms with E-state index in [1.54, 1.807) is 7.11 Å². The summed E-state index contributed by atoms with van der Waals surface area (Å²) in [7, 11) is 1.65. The fourth-order valence-corrected chi connectivity index (χ4v) is 1.61. The van der Waals surface area contributed by atoms with Gasteiger partial charge >= 0.3 is 0 Å². The Balaban J connectivity index is 2.92. The first kappa shape index (κ1) is 12.0. The maximum atomic E-state index is 9.64. The lowest BCUT2D eigenvalue weighted by Crippen LogP contribution is -2.25. The van der Waals surface area contributed by atoms with E-state index in [2.05, 4.69) is 0 Å². The van der Waals surface area contributed by atoms with Crippen LogP contribution in [0.2, 0.25) is 0 Å². The van der Waals surface area contributed by atoms with Crippen molar-refractivity contribution in [2.24, 2.45) is 5.73 Å². The minimum Gasteiger partial charge on any atom is -0.496 e. The molecule has 84 valence electrons. The number of nitrogens with two attached hydrogens (primary N) is 1. The SMILES string of the molecule is COc1ccc(C(C)C(O)CN)cc1C. The normalized spacial score (nSPS) is 14.7. The average Bonchev–Trinajstić information content (AvgIpc) is 2.26. The Morgan fingerprint density at radius 3 is 2.60 bits per heavy atom. The van der Waals surface area contributed by atoms with E-state index in [0.717, 1.165) is 16.9 Å². The molecule has 0 amide bonds. The van der Waals surface area contributed by atoms with Gasteiger partial charge in [0.15, 0.2) is 0 Å². The number of benzene rings is 1. The van der Waals surface area contributed by atoms with Crippen LogP contribution in [0.1, 0.15) is 24.0 Å². The van der Waals surface area contributed by atoms with Gasteiger partial charge in [0, 0.05) is 12.5 Å². The molecule has 0 saturated carbocycles. The van der Waals surface area contributed by atoms with Gasteiger partial charge in [-0.05, 0) is 24.1 Å². The van der Waals surface area contributed by atoms with Crippen LogP contribution in [0.15, 0.2) is 18.2 Å². The predicted octanol–water partition coefficient (Wildman–Crippen LogP) is 1.43. The minimum absolute atomic E-state index is 0.0552. The lowest BCUT2D eigenvalue weighted by molar-refractivity contribution is 0.157. The molecule has 3 N–H and O–H groups in total. The number of ether oxygens (including phenoxy) is 1. The molecule has 0 spiro atoms. The molecule has 0 saturated heterocycles. The summed E-state index contributed by atoms with van der Waals surface area (Å²) >= 11 is 0. The topological polar surface area (TPSA) is 55.5 Å².